The van der Waals surface area contributed by atoms with Gasteiger partial charge >= 0.3 is 0 Å². The molecule has 1 N–H and O–H groups in total. The molecular formula is C16H16BrN3. The van der Waals surface area contributed by atoms with Gasteiger partial charge in [-0.1, -0.05) is 46.3 Å². The summed E-state index contributed by atoms with van der Waals surface area (Å²) in [5.74, 6) is 0. The average molecular weight is 330 g/mol. The Hall–Kier alpha value is -1.65. The van der Waals surface area contributed by atoms with Gasteiger partial charge in [-0.15, -0.1) is 0 Å². The highest BCUT2D eigenvalue weighted by Gasteiger charge is 2.09. The van der Waals surface area contributed by atoms with Gasteiger partial charge in [0.05, 0.1) is 17.8 Å². The molecule has 0 radical (unpaired) electrons. The number of halogens is 1. The molecule has 2 aromatic carbocycles. The first-order valence-corrected chi connectivity index (χ1v) is 7.40. The molecule has 0 fully saturated rings. The number of hydrogen-bond acceptors (Lipinski definition) is 2. The molecule has 0 saturated heterocycles. The lowest BCUT2D eigenvalue weighted by Crippen LogP contribution is -2.07. The minimum absolute atomic E-state index is 0.786. The number of para-hydroxylation sites is 1. The third-order valence-corrected chi connectivity index (χ3v) is 3.85. The Labute approximate surface area is 126 Å². The summed E-state index contributed by atoms with van der Waals surface area (Å²) >= 11 is 3.46. The normalized spacial score (nSPS) is 11.1. The third-order valence-electron chi connectivity index (χ3n) is 3.32. The van der Waals surface area contributed by atoms with Gasteiger partial charge in [0.15, 0.2) is 0 Å². The Morgan fingerprint density at radius 2 is 1.85 bits per heavy atom. The molecular weight excluding hydrogens is 314 g/mol. The fraction of sp³-hybridized carbons (Fsp3) is 0.188. The van der Waals surface area contributed by atoms with E-state index in [-0.39, 0.29) is 0 Å². The molecule has 0 atom stereocenters. The van der Waals surface area contributed by atoms with Crippen molar-refractivity contribution in [2.45, 2.75) is 13.1 Å². The number of nitrogens with one attached hydrogen (secondary N) is 1. The topological polar surface area (TPSA) is 29.9 Å². The van der Waals surface area contributed by atoms with Gasteiger partial charge in [-0.25, -0.2) is 0 Å². The van der Waals surface area contributed by atoms with Crippen molar-refractivity contribution in [1.29, 1.82) is 0 Å². The molecule has 0 aliphatic heterocycles. The van der Waals surface area contributed by atoms with E-state index < -0.39 is 0 Å². The highest BCUT2D eigenvalue weighted by Crippen LogP contribution is 2.20. The van der Waals surface area contributed by atoms with Crippen molar-refractivity contribution >= 4 is 26.8 Å². The van der Waals surface area contributed by atoms with Gasteiger partial charge in [0.2, 0.25) is 0 Å². The molecule has 102 valence electrons. The van der Waals surface area contributed by atoms with Crippen molar-refractivity contribution in [3.8, 4) is 0 Å². The minimum atomic E-state index is 0.786. The fourth-order valence-electron chi connectivity index (χ4n) is 2.38. The lowest BCUT2D eigenvalue weighted by atomic mass is 10.2. The summed E-state index contributed by atoms with van der Waals surface area (Å²) in [7, 11) is 1.95. The molecule has 0 aliphatic carbocycles. The Balaban J connectivity index is 2.00. The number of aromatic nitrogens is 2. The Kier molecular flexibility index (Phi) is 3.85. The molecule has 0 bridgehead atoms. The van der Waals surface area contributed by atoms with Crippen LogP contribution < -0.4 is 5.32 Å². The zero-order valence-electron chi connectivity index (χ0n) is 11.3. The number of benzene rings is 2. The van der Waals surface area contributed by atoms with E-state index in [4.69, 9.17) is 5.10 Å². The van der Waals surface area contributed by atoms with Crippen LogP contribution in [0, 0.1) is 0 Å². The predicted octanol–water partition coefficient (Wildman–Crippen LogP) is 3.57. The summed E-state index contributed by atoms with van der Waals surface area (Å²) in [4.78, 5) is 0. The average Bonchev–Trinajstić information content (AvgIpc) is 2.81. The second kappa shape index (κ2) is 5.77. The minimum Gasteiger partial charge on any atom is -0.314 e. The monoisotopic (exact) mass is 329 g/mol. The van der Waals surface area contributed by atoms with E-state index in [2.05, 4.69) is 74.5 Å². The van der Waals surface area contributed by atoms with Crippen LogP contribution >= 0.6 is 15.9 Å². The molecule has 0 amide bonds. The predicted molar refractivity (Wildman–Crippen MR) is 85.7 cm³/mol. The number of fused-ring (bicyclic) bond motifs is 1. The SMILES string of the molecule is CNCc1nn(Cc2ccc(Br)cc2)c2ccccc12. The highest BCUT2D eigenvalue weighted by atomic mass is 79.9. The van der Waals surface area contributed by atoms with Gasteiger partial charge in [-0.3, -0.25) is 4.68 Å². The van der Waals surface area contributed by atoms with Crippen molar-refractivity contribution in [3.63, 3.8) is 0 Å². The van der Waals surface area contributed by atoms with E-state index in [0.717, 1.165) is 23.3 Å². The number of rotatable bonds is 4. The van der Waals surface area contributed by atoms with Gasteiger partial charge in [0, 0.05) is 16.4 Å². The van der Waals surface area contributed by atoms with E-state index in [1.54, 1.807) is 0 Å². The van der Waals surface area contributed by atoms with E-state index in [1.807, 2.05) is 7.05 Å². The van der Waals surface area contributed by atoms with Crippen molar-refractivity contribution in [1.82, 2.24) is 15.1 Å². The Bertz CT molecular complexity index is 716. The second-order valence-electron chi connectivity index (χ2n) is 4.78. The van der Waals surface area contributed by atoms with Crippen LogP contribution in [0.25, 0.3) is 10.9 Å². The third kappa shape index (κ3) is 2.62. The zero-order valence-corrected chi connectivity index (χ0v) is 12.9. The van der Waals surface area contributed by atoms with Crippen LogP contribution in [0.3, 0.4) is 0 Å². The summed E-state index contributed by atoms with van der Waals surface area (Å²) in [6.07, 6.45) is 0. The van der Waals surface area contributed by atoms with Gasteiger partial charge in [-0.05, 0) is 30.8 Å². The molecule has 4 heteroatoms. The van der Waals surface area contributed by atoms with E-state index >= 15 is 0 Å². The summed E-state index contributed by atoms with van der Waals surface area (Å²) < 4.78 is 3.17. The van der Waals surface area contributed by atoms with Crippen molar-refractivity contribution in [3.05, 3.63) is 64.3 Å². The second-order valence-corrected chi connectivity index (χ2v) is 5.69. The maximum atomic E-state index is 4.74. The van der Waals surface area contributed by atoms with Gasteiger partial charge in [0.1, 0.15) is 0 Å². The lowest BCUT2D eigenvalue weighted by Gasteiger charge is -2.04. The van der Waals surface area contributed by atoms with Crippen LogP contribution in [-0.4, -0.2) is 16.8 Å². The van der Waals surface area contributed by atoms with Crippen LogP contribution in [-0.2, 0) is 13.1 Å². The lowest BCUT2D eigenvalue weighted by molar-refractivity contribution is 0.676. The molecule has 3 nitrogen and oxygen atoms in total. The summed E-state index contributed by atoms with van der Waals surface area (Å²) in [6.45, 7) is 1.57. The summed E-state index contributed by atoms with van der Waals surface area (Å²) in [6, 6.07) is 16.8. The molecule has 3 rings (SSSR count). The molecule has 3 aromatic rings. The zero-order chi connectivity index (χ0) is 13.9. The molecule has 0 unspecified atom stereocenters. The van der Waals surface area contributed by atoms with Crippen LogP contribution in [0.15, 0.2) is 53.0 Å². The first kappa shape index (κ1) is 13.3. The Morgan fingerprint density at radius 3 is 2.60 bits per heavy atom. The van der Waals surface area contributed by atoms with Gasteiger partial charge in [-0.2, -0.15) is 5.10 Å². The van der Waals surface area contributed by atoms with E-state index in [9.17, 15) is 0 Å². The van der Waals surface area contributed by atoms with Gasteiger partial charge < -0.3 is 5.32 Å². The van der Waals surface area contributed by atoms with Crippen molar-refractivity contribution < 1.29 is 0 Å². The number of hydrogen-bond donors (Lipinski definition) is 1. The summed E-state index contributed by atoms with van der Waals surface area (Å²) in [5.41, 5.74) is 3.53. The van der Waals surface area contributed by atoms with Gasteiger partial charge in [0.25, 0.3) is 0 Å². The summed E-state index contributed by atoms with van der Waals surface area (Å²) in [5, 5.41) is 9.14. The first-order valence-electron chi connectivity index (χ1n) is 6.61. The van der Waals surface area contributed by atoms with Crippen LogP contribution in [0.5, 0.6) is 0 Å². The van der Waals surface area contributed by atoms with Crippen LogP contribution in [0.2, 0.25) is 0 Å². The maximum Gasteiger partial charge on any atom is 0.0841 e. The fourth-order valence-corrected chi connectivity index (χ4v) is 2.64. The molecule has 1 aromatic heterocycles. The van der Waals surface area contributed by atoms with Crippen molar-refractivity contribution in [2.75, 3.05) is 7.05 Å². The Morgan fingerprint density at radius 1 is 1.10 bits per heavy atom. The number of nitrogens with zero attached hydrogens (tertiary/aromatic N) is 2. The standard InChI is InChI=1S/C16H16BrN3/c1-18-10-15-14-4-2-3-5-16(14)20(19-15)11-12-6-8-13(17)9-7-12/h2-9,18H,10-11H2,1H3. The molecule has 1 heterocycles. The maximum absolute atomic E-state index is 4.74. The molecule has 0 aliphatic rings. The van der Waals surface area contributed by atoms with Crippen LogP contribution in [0.4, 0.5) is 0 Å². The molecule has 20 heavy (non-hydrogen) atoms. The van der Waals surface area contributed by atoms with Crippen LogP contribution in [0.1, 0.15) is 11.3 Å². The quantitative estimate of drug-likeness (QED) is 0.793. The van der Waals surface area contributed by atoms with E-state index in [0.29, 0.717) is 0 Å². The van der Waals surface area contributed by atoms with E-state index in [1.165, 1.54) is 16.5 Å². The first-order chi connectivity index (χ1) is 9.78. The molecule has 0 spiro atoms. The largest absolute Gasteiger partial charge is 0.314 e. The molecule has 0 saturated carbocycles. The highest BCUT2D eigenvalue weighted by molar-refractivity contribution is 9.10. The smallest absolute Gasteiger partial charge is 0.0841 e. The van der Waals surface area contributed by atoms with Crippen molar-refractivity contribution in [2.24, 2.45) is 0 Å².